The first-order valence-corrected chi connectivity index (χ1v) is 12.8. The number of rotatable bonds is 7. The van der Waals surface area contributed by atoms with Crippen molar-refractivity contribution in [3.63, 3.8) is 0 Å². The van der Waals surface area contributed by atoms with Crippen molar-refractivity contribution < 1.29 is 9.53 Å². The number of benzene rings is 2. The van der Waals surface area contributed by atoms with Gasteiger partial charge in [-0.15, -0.1) is 17.5 Å². The fourth-order valence-electron chi connectivity index (χ4n) is 4.69. The van der Waals surface area contributed by atoms with Gasteiger partial charge in [0.25, 0.3) is 0 Å². The zero-order valence-electron chi connectivity index (χ0n) is 21.1. The largest absolute Gasteiger partial charge is 0.436 e. The molecule has 1 aliphatic carbocycles. The van der Waals surface area contributed by atoms with E-state index < -0.39 is 0 Å². The zero-order chi connectivity index (χ0) is 25.2. The molecule has 2 aromatic heterocycles. The number of carbonyl (C=O) groups excluding carboxylic acids is 1. The molecule has 1 amide bonds. The Bertz CT molecular complexity index is 1450. The van der Waals surface area contributed by atoms with Gasteiger partial charge < -0.3 is 20.7 Å². The molecule has 38 heavy (non-hydrogen) atoms. The Labute approximate surface area is 227 Å². The lowest BCUT2D eigenvalue weighted by atomic mass is 10.0. The molecule has 1 saturated carbocycles. The minimum atomic E-state index is 0. The van der Waals surface area contributed by atoms with E-state index in [-0.39, 0.29) is 24.2 Å². The number of hydrogen-bond acceptors (Lipinski definition) is 8. The van der Waals surface area contributed by atoms with Gasteiger partial charge in [0.15, 0.2) is 0 Å². The minimum Gasteiger partial charge on any atom is -0.436 e. The molecule has 4 aromatic rings. The number of hydrogen-bond donors (Lipinski definition) is 3. The highest BCUT2D eigenvalue weighted by Crippen LogP contribution is 2.39. The van der Waals surface area contributed by atoms with Crippen molar-refractivity contribution in [3.05, 3.63) is 60.4 Å². The van der Waals surface area contributed by atoms with Gasteiger partial charge in [-0.3, -0.25) is 4.79 Å². The Hall–Kier alpha value is -3.82. The van der Waals surface area contributed by atoms with Crippen LogP contribution in [0.3, 0.4) is 0 Å². The van der Waals surface area contributed by atoms with Crippen LogP contribution in [0, 0.1) is 12.8 Å². The molecule has 3 N–H and O–H groups in total. The molecule has 9 nitrogen and oxygen atoms in total. The SMILES string of the molecule is Cc1ccc2c(NC(=O)C3CC3)cccc2c1Oc1nnccc1-c1ccnc(N[C@H]2CCCNC2)n1.Cl. The first-order valence-electron chi connectivity index (χ1n) is 12.8. The van der Waals surface area contributed by atoms with Gasteiger partial charge in [0.2, 0.25) is 17.7 Å². The molecule has 196 valence electrons. The van der Waals surface area contributed by atoms with E-state index in [2.05, 4.69) is 31.1 Å². The van der Waals surface area contributed by atoms with Crippen molar-refractivity contribution in [1.82, 2.24) is 25.5 Å². The highest BCUT2D eigenvalue weighted by atomic mass is 35.5. The second kappa shape index (κ2) is 11.3. The molecule has 1 aliphatic heterocycles. The third-order valence-electron chi connectivity index (χ3n) is 6.86. The summed E-state index contributed by atoms with van der Waals surface area (Å²) >= 11 is 0. The quantitative estimate of drug-likeness (QED) is 0.301. The van der Waals surface area contributed by atoms with Crippen LogP contribution in [-0.2, 0) is 4.79 Å². The van der Waals surface area contributed by atoms with Gasteiger partial charge in [-0.2, -0.15) is 5.10 Å². The first kappa shape index (κ1) is 25.8. The second-order valence-corrected chi connectivity index (χ2v) is 9.68. The number of halogens is 1. The van der Waals surface area contributed by atoms with Crippen LogP contribution in [0.1, 0.15) is 31.2 Å². The average molecular weight is 532 g/mol. The number of amides is 1. The number of fused-ring (bicyclic) bond motifs is 1. The molecule has 2 aliphatic rings. The predicted molar refractivity (Wildman–Crippen MR) is 150 cm³/mol. The Kier molecular flexibility index (Phi) is 7.67. The summed E-state index contributed by atoms with van der Waals surface area (Å²) in [5, 5.41) is 20.1. The maximum Gasteiger partial charge on any atom is 0.248 e. The van der Waals surface area contributed by atoms with Crippen LogP contribution in [0.4, 0.5) is 11.6 Å². The van der Waals surface area contributed by atoms with Gasteiger partial charge in [-0.25, -0.2) is 9.97 Å². The third-order valence-corrected chi connectivity index (χ3v) is 6.86. The minimum absolute atomic E-state index is 0. The fourth-order valence-corrected chi connectivity index (χ4v) is 4.69. The van der Waals surface area contributed by atoms with E-state index >= 15 is 0 Å². The normalized spacial score (nSPS) is 16.9. The van der Waals surface area contributed by atoms with Crippen molar-refractivity contribution in [1.29, 1.82) is 0 Å². The molecule has 10 heteroatoms. The summed E-state index contributed by atoms with van der Waals surface area (Å²) in [6.45, 7) is 3.93. The fraction of sp³-hybridized carbons (Fsp3) is 0.321. The van der Waals surface area contributed by atoms with E-state index in [0.29, 0.717) is 29.3 Å². The third kappa shape index (κ3) is 5.54. The monoisotopic (exact) mass is 531 g/mol. The van der Waals surface area contributed by atoms with Crippen LogP contribution in [-0.4, -0.2) is 45.2 Å². The molecule has 0 unspecified atom stereocenters. The van der Waals surface area contributed by atoms with E-state index in [1.54, 1.807) is 12.4 Å². The molecular formula is C28H30ClN7O2. The number of ether oxygens (including phenoxy) is 1. The molecule has 2 fully saturated rings. The number of aromatic nitrogens is 4. The maximum absolute atomic E-state index is 12.4. The standard InChI is InChI=1S/C28H29N7O2.ClH/c1-17-7-10-20-21(5-2-6-23(20)33-26(36)18-8-9-18)25(17)37-27-22(11-15-31-35-27)24-12-14-30-28(34-24)32-19-4-3-13-29-16-19;/h2,5-7,10-12,14-15,18-19,29H,3-4,8-9,13,16H2,1H3,(H,33,36)(H,30,32,34);1H/t19-;/m0./s1. The van der Waals surface area contributed by atoms with E-state index in [0.717, 1.165) is 66.4 Å². The average Bonchev–Trinajstić information content (AvgIpc) is 3.77. The van der Waals surface area contributed by atoms with Gasteiger partial charge >= 0.3 is 0 Å². The van der Waals surface area contributed by atoms with Crippen molar-refractivity contribution in [2.45, 2.75) is 38.6 Å². The first-order chi connectivity index (χ1) is 18.2. The summed E-state index contributed by atoms with van der Waals surface area (Å²) in [6.07, 6.45) is 7.48. The number of piperidine rings is 1. The van der Waals surface area contributed by atoms with Crippen LogP contribution >= 0.6 is 12.4 Å². The highest BCUT2D eigenvalue weighted by molar-refractivity contribution is 6.05. The summed E-state index contributed by atoms with van der Waals surface area (Å²) in [5.41, 5.74) is 3.14. The van der Waals surface area contributed by atoms with Gasteiger partial charge in [0.1, 0.15) is 5.75 Å². The van der Waals surface area contributed by atoms with Gasteiger partial charge in [0, 0.05) is 41.2 Å². The molecule has 2 aromatic carbocycles. The molecule has 1 atom stereocenters. The lowest BCUT2D eigenvalue weighted by Gasteiger charge is -2.23. The van der Waals surface area contributed by atoms with E-state index in [9.17, 15) is 4.79 Å². The second-order valence-electron chi connectivity index (χ2n) is 9.68. The Morgan fingerprint density at radius 1 is 1.05 bits per heavy atom. The molecule has 0 bridgehead atoms. The summed E-state index contributed by atoms with van der Waals surface area (Å²) in [4.78, 5) is 21.6. The summed E-state index contributed by atoms with van der Waals surface area (Å²) in [5.74, 6) is 1.80. The number of nitrogens with one attached hydrogen (secondary N) is 3. The van der Waals surface area contributed by atoms with E-state index in [1.807, 2.05) is 49.4 Å². The Balaban J connectivity index is 0.00000294. The van der Waals surface area contributed by atoms with Gasteiger partial charge in [-0.05, 0) is 62.9 Å². The predicted octanol–water partition coefficient (Wildman–Crippen LogP) is 5.12. The summed E-state index contributed by atoms with van der Waals surface area (Å²) in [7, 11) is 0. The molecule has 6 rings (SSSR count). The van der Waals surface area contributed by atoms with Crippen LogP contribution in [0.5, 0.6) is 11.6 Å². The lowest BCUT2D eigenvalue weighted by Crippen LogP contribution is -2.38. The van der Waals surface area contributed by atoms with Crippen LogP contribution < -0.4 is 20.7 Å². The lowest BCUT2D eigenvalue weighted by molar-refractivity contribution is -0.117. The van der Waals surface area contributed by atoms with Crippen molar-refractivity contribution in [2.24, 2.45) is 5.92 Å². The molecular weight excluding hydrogens is 502 g/mol. The molecule has 3 heterocycles. The van der Waals surface area contributed by atoms with Gasteiger partial charge in [0.05, 0.1) is 17.5 Å². The van der Waals surface area contributed by atoms with Gasteiger partial charge in [-0.1, -0.05) is 24.3 Å². The van der Waals surface area contributed by atoms with E-state index in [1.165, 1.54) is 0 Å². The van der Waals surface area contributed by atoms with Crippen molar-refractivity contribution in [3.8, 4) is 22.9 Å². The molecule has 0 radical (unpaired) electrons. The number of aryl methyl sites for hydroxylation is 1. The number of anilines is 2. The molecule has 0 spiro atoms. The van der Waals surface area contributed by atoms with Crippen molar-refractivity contribution in [2.75, 3.05) is 23.7 Å². The maximum atomic E-state index is 12.4. The topological polar surface area (TPSA) is 114 Å². The highest BCUT2D eigenvalue weighted by Gasteiger charge is 2.30. The molecule has 1 saturated heterocycles. The number of nitrogens with zero attached hydrogens (tertiary/aromatic N) is 4. The van der Waals surface area contributed by atoms with Crippen LogP contribution in [0.15, 0.2) is 54.9 Å². The number of carbonyl (C=O) groups is 1. The van der Waals surface area contributed by atoms with Crippen molar-refractivity contribution >= 4 is 40.7 Å². The smallest absolute Gasteiger partial charge is 0.248 e. The van der Waals surface area contributed by atoms with E-state index in [4.69, 9.17) is 9.72 Å². The summed E-state index contributed by atoms with van der Waals surface area (Å²) < 4.78 is 6.44. The van der Waals surface area contributed by atoms with Crippen LogP contribution in [0.2, 0.25) is 0 Å². The Morgan fingerprint density at radius 3 is 2.76 bits per heavy atom. The Morgan fingerprint density at radius 2 is 1.95 bits per heavy atom. The van der Waals surface area contributed by atoms with Crippen LogP contribution in [0.25, 0.3) is 22.0 Å². The zero-order valence-corrected chi connectivity index (χ0v) is 21.9. The summed E-state index contributed by atoms with van der Waals surface area (Å²) in [6, 6.07) is 13.8.